The summed E-state index contributed by atoms with van der Waals surface area (Å²) in [7, 11) is -2.87. The Morgan fingerprint density at radius 1 is 0.822 bits per heavy atom. The lowest BCUT2D eigenvalue weighted by molar-refractivity contribution is -0.145. The number of carboxylic acid groups (broad SMARTS) is 1. The number of ether oxygens (including phenoxy) is 4. The van der Waals surface area contributed by atoms with Crippen molar-refractivity contribution in [2.45, 2.75) is 110 Å². The van der Waals surface area contributed by atoms with Gasteiger partial charge in [-0.2, -0.15) is 0 Å². The maximum atomic E-state index is 14.4. The van der Waals surface area contributed by atoms with Crippen LogP contribution in [-0.2, 0) is 22.2 Å². The summed E-state index contributed by atoms with van der Waals surface area (Å²) in [5.74, 6) is 0.765. The highest BCUT2D eigenvalue weighted by Crippen LogP contribution is 2.50. The van der Waals surface area contributed by atoms with E-state index in [0.29, 0.717) is 82.5 Å². The third-order valence-electron chi connectivity index (χ3n) is 13.6. The number of para-hydroxylation sites is 1. The van der Waals surface area contributed by atoms with Crippen LogP contribution in [0.1, 0.15) is 58.4 Å². The fraction of sp³-hybridized carbons (Fsp3) is 0.364. The third kappa shape index (κ3) is 12.7. The zero-order valence-corrected chi connectivity index (χ0v) is 47.0. The summed E-state index contributed by atoms with van der Waals surface area (Å²) in [6, 6.07) is 24.3. The molecule has 0 spiro atoms. The number of carbonyl (C=O) groups is 1. The number of hydrogen-bond donors (Lipinski definition) is 2. The number of benzene rings is 4. The molecule has 0 radical (unpaired) electrons. The van der Waals surface area contributed by atoms with Gasteiger partial charge in [0, 0.05) is 28.6 Å². The van der Waals surface area contributed by atoms with Crippen molar-refractivity contribution < 1.29 is 47.2 Å². The topological polar surface area (TPSA) is 164 Å². The molecule has 0 aliphatic rings. The monoisotopic (exact) mass is 1070 g/mol. The molecule has 2 N–H and O–H groups in total. The van der Waals surface area contributed by atoms with Crippen LogP contribution >= 0.6 is 22.9 Å². The number of aliphatic hydroxyl groups excluding tert-OH is 1. The predicted octanol–water partition coefficient (Wildman–Crippen LogP) is 13.4. The number of carboxylic acids is 1. The molecule has 0 aliphatic heterocycles. The Labute approximate surface area is 437 Å². The van der Waals surface area contributed by atoms with Crippen LogP contribution in [0.2, 0.25) is 41.3 Å². The minimum absolute atomic E-state index is 0.0127. The van der Waals surface area contributed by atoms with E-state index in [1.165, 1.54) is 29.8 Å². The van der Waals surface area contributed by atoms with E-state index in [2.05, 4.69) is 82.7 Å². The maximum absolute atomic E-state index is 14.4. The standard InChI is InChI=1S/C55H64ClFN4O9SSi2/c1-33-40(22-24-44(48(33)56)67-30-38(62)31-68-72(9,10)54(2,3)4)46-47-51(59-32-60-52(47)71-49(46)34-17-19-36(57)20-18-34)69-45(53(63)64)28-35-27-39(70-73(11,12)55(5,6)7)21-23-42(35)66-29-37-25-26-58-50(61-37)41-15-13-14-16-43(41)65-8/h13-27,32,38,45,62H,28-31H2,1-12H3,(H,63,64). The van der Waals surface area contributed by atoms with Crippen molar-refractivity contribution in [3.63, 3.8) is 0 Å². The van der Waals surface area contributed by atoms with Crippen molar-refractivity contribution in [3.8, 4) is 61.8 Å². The summed E-state index contributed by atoms with van der Waals surface area (Å²) in [5.41, 5.74) is 4.38. The predicted molar refractivity (Wildman–Crippen MR) is 291 cm³/mol. The van der Waals surface area contributed by atoms with Gasteiger partial charge in [0.05, 0.1) is 35.4 Å². The molecule has 7 aromatic rings. The first-order chi connectivity index (χ1) is 34.4. The third-order valence-corrected chi connectivity index (χ3v) is 24.1. The summed E-state index contributed by atoms with van der Waals surface area (Å²) >= 11 is 8.41. The van der Waals surface area contributed by atoms with E-state index in [0.717, 1.165) is 5.56 Å². The Kier molecular flexibility index (Phi) is 16.7. The molecule has 0 fully saturated rings. The molecule has 0 aliphatic carbocycles. The van der Waals surface area contributed by atoms with E-state index in [4.69, 9.17) is 44.4 Å². The quantitative estimate of drug-likeness (QED) is 0.0694. The lowest BCUT2D eigenvalue weighted by Gasteiger charge is -2.36. The first-order valence-electron chi connectivity index (χ1n) is 23.9. The summed E-state index contributed by atoms with van der Waals surface area (Å²) in [6.07, 6.45) is 0.426. The van der Waals surface area contributed by atoms with Gasteiger partial charge in [-0.1, -0.05) is 83.5 Å². The van der Waals surface area contributed by atoms with Crippen LogP contribution in [0.5, 0.6) is 28.9 Å². The number of aromatic nitrogens is 4. The molecule has 2 unspecified atom stereocenters. The van der Waals surface area contributed by atoms with Crippen LogP contribution in [0.15, 0.2) is 97.5 Å². The molecule has 2 atom stereocenters. The molecule has 73 heavy (non-hydrogen) atoms. The molecule has 0 bridgehead atoms. The molecular formula is C55H64ClFN4O9SSi2. The van der Waals surface area contributed by atoms with Crippen LogP contribution in [0.25, 0.3) is 43.2 Å². The number of methoxy groups -OCH3 is 1. The number of rotatable bonds is 20. The second-order valence-corrected chi connectivity index (χ2v) is 31.8. The highest BCUT2D eigenvalue weighted by molar-refractivity contribution is 7.22. The summed E-state index contributed by atoms with van der Waals surface area (Å²) < 4.78 is 52.0. The summed E-state index contributed by atoms with van der Waals surface area (Å²) in [4.78, 5) is 33.1. The van der Waals surface area contributed by atoms with Gasteiger partial charge < -0.3 is 38.0 Å². The van der Waals surface area contributed by atoms with E-state index in [1.54, 1.807) is 43.6 Å². The Morgan fingerprint density at radius 2 is 1.52 bits per heavy atom. The number of aliphatic carboxylic acids is 1. The van der Waals surface area contributed by atoms with E-state index >= 15 is 0 Å². The van der Waals surface area contributed by atoms with Gasteiger partial charge in [-0.25, -0.2) is 29.1 Å². The van der Waals surface area contributed by atoms with Crippen molar-refractivity contribution >= 4 is 55.8 Å². The van der Waals surface area contributed by atoms with E-state index in [-0.39, 0.29) is 42.2 Å². The van der Waals surface area contributed by atoms with Crippen molar-refractivity contribution in [3.05, 3.63) is 125 Å². The molecular weight excluding hydrogens is 1000 g/mol. The number of hydrogen-bond acceptors (Lipinski definition) is 13. The smallest absolute Gasteiger partial charge is 0.345 e. The first-order valence-corrected chi connectivity index (χ1v) is 31.0. The average molecular weight is 1070 g/mol. The van der Waals surface area contributed by atoms with Gasteiger partial charge in [0.25, 0.3) is 0 Å². The van der Waals surface area contributed by atoms with Gasteiger partial charge in [-0.15, -0.1) is 11.3 Å². The van der Waals surface area contributed by atoms with Crippen LogP contribution in [-0.4, -0.2) is 85.3 Å². The van der Waals surface area contributed by atoms with E-state index < -0.39 is 40.6 Å². The molecule has 386 valence electrons. The number of fused-ring (bicyclic) bond motifs is 1. The fourth-order valence-corrected chi connectivity index (χ4v) is 10.8. The van der Waals surface area contributed by atoms with Gasteiger partial charge in [0.1, 0.15) is 59.3 Å². The van der Waals surface area contributed by atoms with Crippen LogP contribution < -0.4 is 23.4 Å². The molecule has 3 heterocycles. The van der Waals surface area contributed by atoms with Crippen LogP contribution in [0.4, 0.5) is 4.39 Å². The minimum Gasteiger partial charge on any atom is -0.543 e. The van der Waals surface area contributed by atoms with E-state index in [9.17, 15) is 19.4 Å². The first kappa shape index (κ1) is 54.8. The summed E-state index contributed by atoms with van der Waals surface area (Å²) in [6.45, 7) is 23.3. The second-order valence-electron chi connectivity index (χ2n) is 20.9. The molecule has 7 rings (SSSR count). The molecule has 4 aromatic carbocycles. The number of aliphatic hydroxyl groups is 1. The SMILES string of the molecule is COc1ccccc1-c1nccc(COc2ccc(O[Si](C)(C)C(C)(C)C)cc2CC(Oc2ncnc3sc(-c4ccc(F)cc4)c(-c4ccc(OCC(O)CO[Si](C)(C)C(C)(C)C)c(Cl)c4C)c23)C(=O)O)n1. The maximum Gasteiger partial charge on any atom is 0.345 e. The molecule has 0 amide bonds. The molecule has 0 saturated carbocycles. The highest BCUT2D eigenvalue weighted by atomic mass is 35.5. The number of nitrogens with zero attached hydrogens (tertiary/aromatic N) is 4. The zero-order valence-electron chi connectivity index (χ0n) is 43.4. The van der Waals surface area contributed by atoms with Gasteiger partial charge >= 0.3 is 5.97 Å². The van der Waals surface area contributed by atoms with Gasteiger partial charge in [0.2, 0.25) is 20.3 Å². The minimum atomic E-state index is -2.35. The second kappa shape index (κ2) is 22.3. The Morgan fingerprint density at radius 3 is 2.21 bits per heavy atom. The number of thiophene rings is 1. The van der Waals surface area contributed by atoms with Crippen molar-refractivity contribution in [1.82, 2.24) is 19.9 Å². The molecule has 0 saturated heterocycles. The summed E-state index contributed by atoms with van der Waals surface area (Å²) in [5, 5.41) is 22.4. The van der Waals surface area contributed by atoms with E-state index in [1.807, 2.05) is 49.4 Å². The Hall–Kier alpha value is -5.96. The normalized spacial score (nSPS) is 13.1. The van der Waals surface area contributed by atoms with Crippen molar-refractivity contribution in [1.29, 1.82) is 0 Å². The van der Waals surface area contributed by atoms with Crippen molar-refractivity contribution in [2.24, 2.45) is 0 Å². The van der Waals surface area contributed by atoms with Gasteiger partial charge in [-0.05, 0) is 114 Å². The molecule has 13 nitrogen and oxygen atoms in total. The Bertz CT molecular complexity index is 3090. The van der Waals surface area contributed by atoms with Gasteiger partial charge in [0.15, 0.2) is 14.1 Å². The fourth-order valence-electron chi connectivity index (χ4n) is 7.32. The van der Waals surface area contributed by atoms with Gasteiger partial charge in [-0.3, -0.25) is 0 Å². The average Bonchev–Trinajstić information content (AvgIpc) is 3.73. The molecule has 18 heteroatoms. The Balaban J connectivity index is 1.24. The van der Waals surface area contributed by atoms with Crippen LogP contribution in [0.3, 0.4) is 0 Å². The zero-order chi connectivity index (χ0) is 53.0. The van der Waals surface area contributed by atoms with Crippen molar-refractivity contribution in [2.75, 3.05) is 20.3 Å². The lowest BCUT2D eigenvalue weighted by atomic mass is 9.96. The lowest BCUT2D eigenvalue weighted by Crippen LogP contribution is -2.43. The molecule has 3 aromatic heterocycles. The van der Waals surface area contributed by atoms with Crippen LogP contribution in [0, 0.1) is 12.7 Å². The number of halogens is 2. The largest absolute Gasteiger partial charge is 0.543 e. The highest BCUT2D eigenvalue weighted by Gasteiger charge is 2.40.